The van der Waals surface area contributed by atoms with Crippen molar-refractivity contribution in [1.82, 2.24) is 4.98 Å². The first kappa shape index (κ1) is 10.1. The Morgan fingerprint density at radius 1 is 1.33 bits per heavy atom. The standard InChI is InChI=1S/C11H10FNOS/c12-11-4-3-9(8-13-11)14-6-5-10-2-1-7-15-10/h1-4,7-8H,5-6H2. The highest BCUT2D eigenvalue weighted by Gasteiger charge is 1.97. The number of pyridine rings is 1. The van der Waals surface area contributed by atoms with Gasteiger partial charge in [0, 0.05) is 11.3 Å². The molecule has 2 aromatic heterocycles. The van der Waals surface area contributed by atoms with E-state index in [1.54, 1.807) is 17.4 Å². The van der Waals surface area contributed by atoms with Crippen molar-refractivity contribution >= 4 is 11.3 Å². The van der Waals surface area contributed by atoms with Crippen LogP contribution in [0.5, 0.6) is 5.75 Å². The molecule has 0 bridgehead atoms. The summed E-state index contributed by atoms with van der Waals surface area (Å²) < 4.78 is 17.9. The molecule has 0 aliphatic heterocycles. The monoisotopic (exact) mass is 223 g/mol. The minimum atomic E-state index is -0.486. The fraction of sp³-hybridized carbons (Fsp3) is 0.182. The van der Waals surface area contributed by atoms with Crippen LogP contribution in [0.3, 0.4) is 0 Å². The molecule has 15 heavy (non-hydrogen) atoms. The van der Waals surface area contributed by atoms with Gasteiger partial charge in [0.05, 0.1) is 12.8 Å². The summed E-state index contributed by atoms with van der Waals surface area (Å²) in [7, 11) is 0. The molecule has 0 aliphatic rings. The molecule has 0 radical (unpaired) electrons. The molecule has 2 aromatic rings. The van der Waals surface area contributed by atoms with Gasteiger partial charge in [-0.2, -0.15) is 4.39 Å². The zero-order valence-electron chi connectivity index (χ0n) is 8.02. The lowest BCUT2D eigenvalue weighted by Gasteiger charge is -2.03. The predicted octanol–water partition coefficient (Wildman–Crippen LogP) is 2.90. The largest absolute Gasteiger partial charge is 0.492 e. The first-order chi connectivity index (χ1) is 7.34. The van der Waals surface area contributed by atoms with E-state index in [0.717, 1.165) is 6.42 Å². The van der Waals surface area contributed by atoms with E-state index in [0.29, 0.717) is 12.4 Å². The molecule has 0 aliphatic carbocycles. The molecule has 0 fully saturated rings. The van der Waals surface area contributed by atoms with Crippen LogP contribution in [0.25, 0.3) is 0 Å². The first-order valence-electron chi connectivity index (χ1n) is 4.61. The van der Waals surface area contributed by atoms with Crippen molar-refractivity contribution in [3.05, 3.63) is 46.7 Å². The van der Waals surface area contributed by atoms with Crippen LogP contribution in [0.2, 0.25) is 0 Å². The Labute approximate surface area is 91.4 Å². The average Bonchev–Trinajstić information content (AvgIpc) is 2.74. The van der Waals surface area contributed by atoms with Crippen molar-refractivity contribution in [2.24, 2.45) is 0 Å². The molecule has 2 nitrogen and oxygen atoms in total. The molecule has 0 unspecified atom stereocenters. The summed E-state index contributed by atoms with van der Waals surface area (Å²) in [6.45, 7) is 0.591. The SMILES string of the molecule is Fc1ccc(OCCc2cccs2)cn1. The van der Waals surface area contributed by atoms with Crippen molar-refractivity contribution in [3.8, 4) is 5.75 Å². The van der Waals surface area contributed by atoms with E-state index < -0.39 is 5.95 Å². The number of nitrogens with zero attached hydrogens (tertiary/aromatic N) is 1. The number of rotatable bonds is 4. The molecule has 2 heterocycles. The van der Waals surface area contributed by atoms with E-state index in [9.17, 15) is 4.39 Å². The van der Waals surface area contributed by atoms with Crippen LogP contribution in [0.4, 0.5) is 4.39 Å². The molecule has 0 saturated heterocycles. The first-order valence-corrected chi connectivity index (χ1v) is 5.49. The van der Waals surface area contributed by atoms with Gasteiger partial charge < -0.3 is 4.74 Å². The van der Waals surface area contributed by atoms with Gasteiger partial charge in [0.1, 0.15) is 5.75 Å². The summed E-state index contributed by atoms with van der Waals surface area (Å²) in [5.41, 5.74) is 0. The Bertz CT molecular complexity index is 399. The molecular weight excluding hydrogens is 213 g/mol. The number of ether oxygens (including phenoxy) is 1. The lowest BCUT2D eigenvalue weighted by atomic mass is 10.3. The zero-order valence-corrected chi connectivity index (χ0v) is 8.84. The van der Waals surface area contributed by atoms with Gasteiger partial charge in [-0.1, -0.05) is 6.07 Å². The van der Waals surface area contributed by atoms with Gasteiger partial charge >= 0.3 is 0 Å². The normalized spacial score (nSPS) is 10.2. The summed E-state index contributed by atoms with van der Waals surface area (Å²) in [6, 6.07) is 6.95. The van der Waals surface area contributed by atoms with E-state index in [2.05, 4.69) is 11.1 Å². The topological polar surface area (TPSA) is 22.1 Å². The van der Waals surface area contributed by atoms with Crippen LogP contribution in [0.1, 0.15) is 4.88 Å². The Kier molecular flexibility index (Phi) is 3.29. The Morgan fingerprint density at radius 3 is 2.93 bits per heavy atom. The lowest BCUT2D eigenvalue weighted by Crippen LogP contribution is -2.00. The quantitative estimate of drug-likeness (QED) is 0.743. The van der Waals surface area contributed by atoms with Crippen molar-refractivity contribution in [3.63, 3.8) is 0 Å². The summed E-state index contributed by atoms with van der Waals surface area (Å²) in [6.07, 6.45) is 2.26. The van der Waals surface area contributed by atoms with Crippen molar-refractivity contribution in [2.45, 2.75) is 6.42 Å². The predicted molar refractivity (Wildman–Crippen MR) is 57.7 cm³/mol. The third-order valence-electron chi connectivity index (χ3n) is 1.90. The second-order valence-corrected chi connectivity index (χ2v) is 4.03. The highest BCUT2D eigenvalue weighted by Crippen LogP contribution is 2.12. The second kappa shape index (κ2) is 4.89. The highest BCUT2D eigenvalue weighted by atomic mass is 32.1. The molecule has 0 N–H and O–H groups in total. The van der Waals surface area contributed by atoms with Crippen LogP contribution in [-0.2, 0) is 6.42 Å². The smallest absolute Gasteiger partial charge is 0.213 e. The fourth-order valence-electron chi connectivity index (χ4n) is 1.17. The molecule has 0 amide bonds. The minimum absolute atomic E-state index is 0.486. The van der Waals surface area contributed by atoms with Gasteiger partial charge in [0.25, 0.3) is 0 Å². The van der Waals surface area contributed by atoms with Gasteiger partial charge in [-0.05, 0) is 23.6 Å². The van der Waals surface area contributed by atoms with E-state index in [1.165, 1.54) is 17.1 Å². The Morgan fingerprint density at radius 2 is 2.27 bits per heavy atom. The molecule has 2 rings (SSSR count). The van der Waals surface area contributed by atoms with Gasteiger partial charge in [-0.15, -0.1) is 11.3 Å². The Balaban J connectivity index is 1.81. The molecule has 0 atom stereocenters. The van der Waals surface area contributed by atoms with Crippen molar-refractivity contribution in [2.75, 3.05) is 6.61 Å². The van der Waals surface area contributed by atoms with Crippen LogP contribution in [-0.4, -0.2) is 11.6 Å². The molecule has 78 valence electrons. The molecular formula is C11H10FNOS. The molecule has 0 saturated carbocycles. The maximum Gasteiger partial charge on any atom is 0.213 e. The Hall–Kier alpha value is -1.42. The van der Waals surface area contributed by atoms with Crippen molar-refractivity contribution in [1.29, 1.82) is 0 Å². The maximum absolute atomic E-state index is 12.5. The summed E-state index contributed by atoms with van der Waals surface area (Å²) >= 11 is 1.70. The summed E-state index contributed by atoms with van der Waals surface area (Å²) in [5, 5.41) is 2.04. The van der Waals surface area contributed by atoms with E-state index in [-0.39, 0.29) is 0 Å². The second-order valence-electron chi connectivity index (χ2n) is 2.99. The van der Waals surface area contributed by atoms with Gasteiger partial charge in [0.2, 0.25) is 5.95 Å². The third-order valence-corrected chi connectivity index (χ3v) is 2.83. The fourth-order valence-corrected chi connectivity index (χ4v) is 1.86. The van der Waals surface area contributed by atoms with Crippen LogP contribution in [0.15, 0.2) is 35.8 Å². The third kappa shape index (κ3) is 3.02. The van der Waals surface area contributed by atoms with E-state index in [4.69, 9.17) is 4.74 Å². The number of hydrogen-bond acceptors (Lipinski definition) is 3. The number of halogens is 1. The van der Waals surface area contributed by atoms with Gasteiger partial charge in [-0.25, -0.2) is 4.98 Å². The van der Waals surface area contributed by atoms with Gasteiger partial charge in [-0.3, -0.25) is 0 Å². The maximum atomic E-state index is 12.5. The molecule has 4 heteroatoms. The van der Waals surface area contributed by atoms with E-state index in [1.807, 2.05) is 11.4 Å². The zero-order chi connectivity index (χ0) is 10.5. The molecule has 0 spiro atoms. The lowest BCUT2D eigenvalue weighted by molar-refractivity contribution is 0.320. The number of aromatic nitrogens is 1. The summed E-state index contributed by atoms with van der Waals surface area (Å²) in [4.78, 5) is 4.79. The van der Waals surface area contributed by atoms with Gasteiger partial charge in [0.15, 0.2) is 0 Å². The average molecular weight is 223 g/mol. The van der Waals surface area contributed by atoms with Crippen LogP contribution in [0, 0.1) is 5.95 Å². The van der Waals surface area contributed by atoms with Crippen molar-refractivity contribution < 1.29 is 9.13 Å². The van der Waals surface area contributed by atoms with E-state index >= 15 is 0 Å². The molecule has 0 aromatic carbocycles. The number of thiophene rings is 1. The highest BCUT2D eigenvalue weighted by molar-refractivity contribution is 7.09. The number of hydrogen-bond donors (Lipinski definition) is 0. The summed E-state index contributed by atoms with van der Waals surface area (Å²) in [5.74, 6) is 0.119. The minimum Gasteiger partial charge on any atom is -0.492 e. The van der Waals surface area contributed by atoms with Crippen LogP contribution < -0.4 is 4.74 Å². The van der Waals surface area contributed by atoms with Crippen LogP contribution >= 0.6 is 11.3 Å².